The Morgan fingerprint density at radius 2 is 2.05 bits per heavy atom. The van der Waals surface area contributed by atoms with Gasteiger partial charge in [0.25, 0.3) is 0 Å². The first kappa shape index (κ1) is 13.9. The fourth-order valence-corrected chi connectivity index (χ4v) is 3.21. The fourth-order valence-electron chi connectivity index (χ4n) is 1.86. The molecule has 1 atom stereocenters. The minimum Gasteiger partial charge on any atom is -0.348 e. The first-order chi connectivity index (χ1) is 8.79. The summed E-state index contributed by atoms with van der Waals surface area (Å²) in [5.74, 6) is 4.16. The summed E-state index contributed by atoms with van der Waals surface area (Å²) in [6.45, 7) is 6.47. The second kappa shape index (κ2) is 4.85. The highest BCUT2D eigenvalue weighted by Gasteiger charge is 2.16. The van der Waals surface area contributed by atoms with Crippen molar-refractivity contribution in [3.05, 3.63) is 47.7 Å². The topological polar surface area (TPSA) is 43.1 Å². The third-order valence-corrected chi connectivity index (χ3v) is 4.72. The Bertz CT molecular complexity index is 650. The van der Waals surface area contributed by atoms with Crippen LogP contribution in [0.1, 0.15) is 31.9 Å². The average molecular weight is 277 g/mol. The van der Waals surface area contributed by atoms with Crippen molar-refractivity contribution in [2.24, 2.45) is 0 Å². The molecule has 0 saturated heterocycles. The molecule has 1 heterocycles. The Labute approximate surface area is 114 Å². The van der Waals surface area contributed by atoms with Gasteiger partial charge in [0.1, 0.15) is 0 Å². The summed E-state index contributed by atoms with van der Waals surface area (Å²) in [6, 6.07) is 9.75. The van der Waals surface area contributed by atoms with Gasteiger partial charge in [0.05, 0.1) is 6.20 Å². The van der Waals surface area contributed by atoms with Crippen molar-refractivity contribution in [2.45, 2.75) is 37.0 Å². The molecule has 0 bridgehead atoms. The van der Waals surface area contributed by atoms with Crippen molar-refractivity contribution < 1.29 is 8.73 Å². The zero-order valence-corrected chi connectivity index (χ0v) is 12.4. The van der Waals surface area contributed by atoms with Crippen LogP contribution in [0.2, 0.25) is 0 Å². The summed E-state index contributed by atoms with van der Waals surface area (Å²) in [5.41, 5.74) is 2.30. The molecule has 0 aliphatic carbocycles. The van der Waals surface area contributed by atoms with E-state index in [0.29, 0.717) is 10.8 Å². The standard InChI is InChI=1S/C15H19NO2S/c1-15(2,3)13-7-5-6-12(10-13)11-19(4,17)14-8-9-16-18-14/h5-10H,4,11H2,1-3H3. The van der Waals surface area contributed by atoms with Crippen molar-refractivity contribution in [1.29, 1.82) is 0 Å². The van der Waals surface area contributed by atoms with E-state index in [1.807, 2.05) is 12.1 Å². The maximum atomic E-state index is 12.5. The van der Waals surface area contributed by atoms with Crippen LogP contribution in [0.4, 0.5) is 0 Å². The minimum atomic E-state index is -2.46. The van der Waals surface area contributed by atoms with Crippen molar-refractivity contribution in [1.82, 2.24) is 5.16 Å². The lowest BCUT2D eigenvalue weighted by Crippen LogP contribution is -2.12. The Balaban J connectivity index is 2.30. The molecule has 1 aromatic carbocycles. The zero-order chi connectivity index (χ0) is 14.1. The summed E-state index contributed by atoms with van der Waals surface area (Å²) < 4.78 is 17.5. The highest BCUT2D eigenvalue weighted by atomic mass is 32.2. The van der Waals surface area contributed by atoms with Gasteiger partial charge in [-0.3, -0.25) is 4.21 Å². The van der Waals surface area contributed by atoms with Gasteiger partial charge in [0.2, 0.25) is 5.09 Å². The van der Waals surface area contributed by atoms with E-state index in [0.717, 1.165) is 5.56 Å². The molecular formula is C15H19NO2S. The van der Waals surface area contributed by atoms with Gasteiger partial charge in [-0.1, -0.05) is 50.2 Å². The van der Waals surface area contributed by atoms with Crippen LogP contribution < -0.4 is 0 Å². The van der Waals surface area contributed by atoms with Crippen LogP contribution >= 0.6 is 0 Å². The van der Waals surface area contributed by atoms with E-state index in [-0.39, 0.29) is 5.41 Å². The van der Waals surface area contributed by atoms with E-state index in [4.69, 9.17) is 4.52 Å². The molecule has 2 rings (SSSR count). The maximum Gasteiger partial charge on any atom is 0.215 e. The lowest BCUT2D eigenvalue weighted by atomic mass is 9.86. The first-order valence-electron chi connectivity index (χ1n) is 6.14. The highest BCUT2D eigenvalue weighted by Crippen LogP contribution is 2.24. The van der Waals surface area contributed by atoms with E-state index in [1.165, 1.54) is 11.8 Å². The summed E-state index contributed by atoms with van der Waals surface area (Å²) in [5, 5.41) is 3.95. The second-order valence-corrected chi connectivity index (χ2v) is 8.05. The number of aromatic nitrogens is 1. The highest BCUT2D eigenvalue weighted by molar-refractivity contribution is 7.99. The molecule has 1 aromatic heterocycles. The van der Waals surface area contributed by atoms with E-state index in [9.17, 15) is 4.21 Å². The fraction of sp³-hybridized carbons (Fsp3) is 0.333. The van der Waals surface area contributed by atoms with Crippen LogP contribution in [0, 0.1) is 0 Å². The molecule has 4 heteroatoms. The van der Waals surface area contributed by atoms with E-state index >= 15 is 0 Å². The molecule has 0 aliphatic heterocycles. The van der Waals surface area contributed by atoms with Gasteiger partial charge in [-0.05, 0) is 22.4 Å². The van der Waals surface area contributed by atoms with Crippen molar-refractivity contribution >= 4 is 15.4 Å². The van der Waals surface area contributed by atoms with Crippen LogP contribution in [0.25, 0.3) is 0 Å². The molecule has 0 fully saturated rings. The monoisotopic (exact) mass is 277 g/mol. The minimum absolute atomic E-state index is 0.0737. The Morgan fingerprint density at radius 1 is 1.32 bits per heavy atom. The molecular weight excluding hydrogens is 258 g/mol. The summed E-state index contributed by atoms with van der Waals surface area (Å²) in [7, 11) is -2.46. The van der Waals surface area contributed by atoms with Crippen molar-refractivity contribution in [3.8, 4) is 0 Å². The molecule has 3 nitrogen and oxygen atoms in total. The number of benzene rings is 1. The maximum absolute atomic E-state index is 12.5. The largest absolute Gasteiger partial charge is 0.348 e. The van der Waals surface area contributed by atoms with Gasteiger partial charge in [0.15, 0.2) is 0 Å². The zero-order valence-electron chi connectivity index (χ0n) is 11.6. The Morgan fingerprint density at radius 3 is 2.63 bits per heavy atom. The molecule has 1 unspecified atom stereocenters. The SMILES string of the molecule is C=S(=O)(Cc1cccc(C(C)(C)C)c1)c1ccno1. The van der Waals surface area contributed by atoms with E-state index < -0.39 is 9.52 Å². The number of nitrogens with zero attached hydrogens (tertiary/aromatic N) is 1. The van der Waals surface area contributed by atoms with E-state index in [2.05, 4.69) is 43.9 Å². The van der Waals surface area contributed by atoms with Crippen molar-refractivity contribution in [3.63, 3.8) is 0 Å². The molecule has 2 aromatic rings. The quantitative estimate of drug-likeness (QED) is 0.809. The van der Waals surface area contributed by atoms with Gasteiger partial charge in [-0.25, -0.2) is 0 Å². The molecule has 0 N–H and O–H groups in total. The smallest absolute Gasteiger partial charge is 0.215 e. The second-order valence-electron chi connectivity index (χ2n) is 5.74. The summed E-state index contributed by atoms with van der Waals surface area (Å²) in [4.78, 5) is 0. The van der Waals surface area contributed by atoms with Gasteiger partial charge in [-0.15, -0.1) is 0 Å². The molecule has 0 amide bonds. The van der Waals surface area contributed by atoms with Crippen LogP contribution in [0.15, 0.2) is 46.1 Å². The number of hydrogen-bond acceptors (Lipinski definition) is 3. The predicted octanol–water partition coefficient (Wildman–Crippen LogP) is 3.25. The number of hydrogen-bond donors (Lipinski definition) is 0. The molecule has 0 radical (unpaired) electrons. The third kappa shape index (κ3) is 3.26. The van der Waals surface area contributed by atoms with Gasteiger partial charge >= 0.3 is 0 Å². The van der Waals surface area contributed by atoms with Crippen LogP contribution in [-0.2, 0) is 20.7 Å². The predicted molar refractivity (Wildman–Crippen MR) is 78.9 cm³/mol. The first-order valence-corrected chi connectivity index (χ1v) is 8.04. The molecule has 0 aliphatic rings. The van der Waals surface area contributed by atoms with Gasteiger partial charge in [-0.2, -0.15) is 0 Å². The summed E-state index contributed by atoms with van der Waals surface area (Å²) >= 11 is 0. The summed E-state index contributed by atoms with van der Waals surface area (Å²) in [6.07, 6.45) is 1.49. The van der Waals surface area contributed by atoms with Gasteiger partial charge < -0.3 is 4.52 Å². The molecule has 102 valence electrons. The lowest BCUT2D eigenvalue weighted by molar-refractivity contribution is 0.344. The van der Waals surface area contributed by atoms with Crippen molar-refractivity contribution in [2.75, 3.05) is 0 Å². The normalized spacial score (nSPS) is 15.1. The Hall–Kier alpha value is -1.55. The third-order valence-electron chi connectivity index (χ3n) is 2.97. The molecule has 0 saturated carbocycles. The lowest BCUT2D eigenvalue weighted by Gasteiger charge is -2.20. The van der Waals surface area contributed by atoms with Crippen LogP contribution in [0.5, 0.6) is 0 Å². The number of rotatable bonds is 3. The molecule has 19 heavy (non-hydrogen) atoms. The Kier molecular flexibility index (Phi) is 3.54. The van der Waals surface area contributed by atoms with Crippen LogP contribution in [-0.4, -0.2) is 15.2 Å². The molecule has 0 spiro atoms. The average Bonchev–Trinajstić information content (AvgIpc) is 2.81. The van der Waals surface area contributed by atoms with Crippen LogP contribution in [0.3, 0.4) is 0 Å². The van der Waals surface area contributed by atoms with Gasteiger partial charge in [0, 0.05) is 21.3 Å². The van der Waals surface area contributed by atoms with E-state index in [1.54, 1.807) is 6.07 Å².